The maximum absolute atomic E-state index is 13.2. The Hall–Kier alpha value is -2.23. The zero-order valence-corrected chi connectivity index (χ0v) is 18.5. The van der Waals surface area contributed by atoms with Gasteiger partial charge in [-0.05, 0) is 38.0 Å². The van der Waals surface area contributed by atoms with Crippen LogP contribution in [0.4, 0.5) is 5.82 Å². The van der Waals surface area contributed by atoms with Crippen LogP contribution < -0.4 is 10.9 Å². The minimum atomic E-state index is -0.243. The first-order chi connectivity index (χ1) is 13.9. The third-order valence-electron chi connectivity index (χ3n) is 4.81. The van der Waals surface area contributed by atoms with Crippen LogP contribution in [-0.4, -0.2) is 50.8 Å². The van der Waals surface area contributed by atoms with Crippen LogP contribution >= 0.6 is 24.0 Å². The van der Waals surface area contributed by atoms with Gasteiger partial charge in [0.25, 0.3) is 11.5 Å². The number of anilines is 1. The number of hydrogen-bond donors (Lipinski definition) is 1. The summed E-state index contributed by atoms with van der Waals surface area (Å²) in [6.07, 6.45) is 4.07. The minimum absolute atomic E-state index is 0.00572. The molecule has 1 unspecified atom stereocenters. The summed E-state index contributed by atoms with van der Waals surface area (Å²) in [6, 6.07) is 3.71. The van der Waals surface area contributed by atoms with Crippen LogP contribution in [0.25, 0.3) is 11.7 Å². The predicted molar refractivity (Wildman–Crippen MR) is 121 cm³/mol. The normalized spacial score (nSPS) is 16.8. The summed E-state index contributed by atoms with van der Waals surface area (Å²) >= 11 is 6.61. The molecule has 7 nitrogen and oxygen atoms in total. The lowest BCUT2D eigenvalue weighted by Crippen LogP contribution is -2.36. The predicted octanol–water partition coefficient (Wildman–Crippen LogP) is 3.06. The summed E-state index contributed by atoms with van der Waals surface area (Å²) in [5, 5.41) is 3.16. The fraction of sp³-hybridized carbons (Fsp3) is 0.400. The van der Waals surface area contributed by atoms with Crippen molar-refractivity contribution < 1.29 is 9.53 Å². The monoisotopic (exact) mass is 432 g/mol. The van der Waals surface area contributed by atoms with E-state index in [9.17, 15) is 9.59 Å². The van der Waals surface area contributed by atoms with Gasteiger partial charge in [0.15, 0.2) is 0 Å². The number of carbonyl (C=O) groups excluding carboxylic acids is 1. The van der Waals surface area contributed by atoms with E-state index in [1.165, 1.54) is 16.2 Å². The van der Waals surface area contributed by atoms with Gasteiger partial charge in [-0.2, -0.15) is 0 Å². The minimum Gasteiger partial charge on any atom is -0.383 e. The summed E-state index contributed by atoms with van der Waals surface area (Å²) in [4.78, 5) is 32.8. The Morgan fingerprint density at radius 3 is 2.86 bits per heavy atom. The van der Waals surface area contributed by atoms with Gasteiger partial charge in [0.05, 0.1) is 17.1 Å². The molecule has 0 saturated carbocycles. The molecule has 9 heteroatoms. The average Bonchev–Trinajstić information content (AvgIpc) is 2.98. The number of amides is 1. The van der Waals surface area contributed by atoms with Crippen LogP contribution in [0.15, 0.2) is 28.0 Å². The van der Waals surface area contributed by atoms with Gasteiger partial charge in [-0.15, -0.1) is 0 Å². The van der Waals surface area contributed by atoms with E-state index >= 15 is 0 Å². The van der Waals surface area contributed by atoms with Crippen molar-refractivity contribution in [3.8, 4) is 0 Å². The Kier molecular flexibility index (Phi) is 6.71. The molecule has 1 fully saturated rings. The molecule has 0 aliphatic carbocycles. The van der Waals surface area contributed by atoms with Gasteiger partial charge < -0.3 is 10.1 Å². The zero-order chi connectivity index (χ0) is 21.1. The molecule has 1 saturated heterocycles. The number of pyridine rings is 1. The standard InChI is InChI=1S/C20H24N4O3S2/c1-5-13(3)24-19(26)15(29-20(24)28)11-14-16(21-8-10-27-4)22-17-12(2)7-6-9-23(17)18(14)25/h6-7,9,11,13,21H,5,8,10H2,1-4H3/b15-11-. The van der Waals surface area contributed by atoms with Gasteiger partial charge >= 0.3 is 0 Å². The summed E-state index contributed by atoms with van der Waals surface area (Å²) in [6.45, 7) is 6.81. The number of nitrogens with zero attached hydrogens (tertiary/aromatic N) is 3. The second-order valence-corrected chi connectivity index (χ2v) is 8.47. The van der Waals surface area contributed by atoms with E-state index < -0.39 is 0 Å². The maximum atomic E-state index is 13.2. The van der Waals surface area contributed by atoms with Crippen LogP contribution in [-0.2, 0) is 9.53 Å². The zero-order valence-electron chi connectivity index (χ0n) is 16.9. The average molecular weight is 433 g/mol. The Balaban J connectivity index is 2.12. The molecule has 0 bridgehead atoms. The van der Waals surface area contributed by atoms with Crippen molar-refractivity contribution >= 4 is 51.7 Å². The summed E-state index contributed by atoms with van der Waals surface area (Å²) < 4.78 is 7.10. The molecule has 0 aromatic carbocycles. The SMILES string of the molecule is CCC(C)N1C(=O)/C(=C/c2c(NCCOC)nc3c(C)cccn3c2=O)SC1=S. The number of ether oxygens (including phenoxy) is 1. The number of rotatable bonds is 7. The van der Waals surface area contributed by atoms with Crippen molar-refractivity contribution in [2.75, 3.05) is 25.6 Å². The van der Waals surface area contributed by atoms with Crippen molar-refractivity contribution in [3.05, 3.63) is 44.7 Å². The van der Waals surface area contributed by atoms with Crippen molar-refractivity contribution in [2.24, 2.45) is 0 Å². The van der Waals surface area contributed by atoms with E-state index in [0.717, 1.165) is 12.0 Å². The largest absolute Gasteiger partial charge is 0.383 e. The number of aryl methyl sites for hydroxylation is 1. The van der Waals surface area contributed by atoms with Gasteiger partial charge in [-0.1, -0.05) is 37.0 Å². The lowest BCUT2D eigenvalue weighted by atomic mass is 10.2. The molecule has 154 valence electrons. The highest BCUT2D eigenvalue weighted by atomic mass is 32.2. The first-order valence-electron chi connectivity index (χ1n) is 9.40. The smallest absolute Gasteiger partial charge is 0.267 e. The number of nitrogens with one attached hydrogen (secondary N) is 1. The van der Waals surface area contributed by atoms with E-state index in [1.807, 2.05) is 26.8 Å². The van der Waals surface area contributed by atoms with Crippen LogP contribution in [0.5, 0.6) is 0 Å². The Bertz CT molecular complexity index is 1050. The highest BCUT2D eigenvalue weighted by Crippen LogP contribution is 2.34. The third kappa shape index (κ3) is 4.22. The fourth-order valence-corrected chi connectivity index (χ4v) is 4.47. The van der Waals surface area contributed by atoms with Crippen molar-refractivity contribution in [3.63, 3.8) is 0 Å². The topological polar surface area (TPSA) is 75.9 Å². The second kappa shape index (κ2) is 9.06. The Morgan fingerprint density at radius 2 is 2.17 bits per heavy atom. The summed E-state index contributed by atoms with van der Waals surface area (Å²) in [7, 11) is 1.61. The van der Waals surface area contributed by atoms with Gasteiger partial charge in [0.2, 0.25) is 0 Å². The molecule has 0 spiro atoms. The molecule has 0 radical (unpaired) electrons. The van der Waals surface area contributed by atoms with Crippen molar-refractivity contribution in [1.29, 1.82) is 0 Å². The summed E-state index contributed by atoms with van der Waals surface area (Å²) in [5.41, 5.74) is 1.54. The fourth-order valence-electron chi connectivity index (χ4n) is 3.02. The van der Waals surface area contributed by atoms with Gasteiger partial charge in [0.1, 0.15) is 15.8 Å². The second-order valence-electron chi connectivity index (χ2n) is 6.79. The maximum Gasteiger partial charge on any atom is 0.267 e. The molecule has 3 heterocycles. The molecule has 1 N–H and O–H groups in total. The van der Waals surface area contributed by atoms with E-state index in [4.69, 9.17) is 17.0 Å². The Labute approximate surface area is 179 Å². The molecule has 1 aliphatic rings. The highest BCUT2D eigenvalue weighted by molar-refractivity contribution is 8.26. The van der Waals surface area contributed by atoms with Gasteiger partial charge in [-0.3, -0.25) is 18.9 Å². The molecule has 2 aromatic heterocycles. The van der Waals surface area contributed by atoms with Crippen molar-refractivity contribution in [2.45, 2.75) is 33.2 Å². The summed E-state index contributed by atoms with van der Waals surface area (Å²) in [5.74, 6) is 0.251. The lowest BCUT2D eigenvalue weighted by molar-refractivity contribution is -0.123. The first-order valence-corrected chi connectivity index (χ1v) is 10.6. The Morgan fingerprint density at radius 1 is 1.41 bits per heavy atom. The van der Waals surface area contributed by atoms with Crippen molar-refractivity contribution in [1.82, 2.24) is 14.3 Å². The van der Waals surface area contributed by atoms with Gasteiger partial charge in [-0.25, -0.2) is 4.98 Å². The van der Waals surface area contributed by atoms with E-state index in [2.05, 4.69) is 10.3 Å². The van der Waals surface area contributed by atoms with E-state index in [1.54, 1.807) is 30.3 Å². The number of thiocarbonyl (C=S) groups is 1. The number of carbonyl (C=O) groups is 1. The molecule has 1 aliphatic heterocycles. The molecule has 29 heavy (non-hydrogen) atoms. The number of fused-ring (bicyclic) bond motifs is 1. The number of thioether (sulfide) groups is 1. The quantitative estimate of drug-likeness (QED) is 0.409. The number of aromatic nitrogens is 2. The van der Waals surface area contributed by atoms with Crippen LogP contribution in [0.1, 0.15) is 31.4 Å². The van der Waals surface area contributed by atoms with Crippen LogP contribution in [0.2, 0.25) is 0 Å². The molecule has 1 atom stereocenters. The van der Waals surface area contributed by atoms with Crippen LogP contribution in [0.3, 0.4) is 0 Å². The van der Waals surface area contributed by atoms with E-state index in [0.29, 0.717) is 39.4 Å². The molecular formula is C20H24N4O3S2. The third-order valence-corrected chi connectivity index (χ3v) is 6.14. The number of methoxy groups -OCH3 is 1. The highest BCUT2D eigenvalue weighted by Gasteiger charge is 2.35. The van der Waals surface area contributed by atoms with Gasteiger partial charge in [0, 0.05) is 25.9 Å². The molecule has 2 aromatic rings. The molecule has 3 rings (SSSR count). The number of hydrogen-bond acceptors (Lipinski definition) is 7. The lowest BCUT2D eigenvalue weighted by Gasteiger charge is -2.21. The van der Waals surface area contributed by atoms with E-state index in [-0.39, 0.29) is 17.5 Å². The molecular weight excluding hydrogens is 408 g/mol. The van der Waals surface area contributed by atoms with Crippen LogP contribution in [0, 0.1) is 6.92 Å². The molecule has 1 amide bonds. The first kappa shape index (κ1) is 21.5.